The molecule has 0 atom stereocenters. The van der Waals surface area contributed by atoms with E-state index in [-0.39, 0.29) is 0 Å². The summed E-state index contributed by atoms with van der Waals surface area (Å²) in [5.74, 6) is -0.866. The van der Waals surface area contributed by atoms with Gasteiger partial charge in [-0.15, -0.1) is 0 Å². The number of hydrogen-bond donors (Lipinski definition) is 1. The Hall–Kier alpha value is -1.62. The van der Waals surface area contributed by atoms with Crippen LogP contribution >= 0.6 is 0 Å². The summed E-state index contributed by atoms with van der Waals surface area (Å²) in [5.41, 5.74) is 1.49. The Morgan fingerprint density at radius 2 is 2.38 bits per heavy atom. The van der Waals surface area contributed by atoms with Crippen LogP contribution in [-0.2, 0) is 18.4 Å². The van der Waals surface area contributed by atoms with E-state index in [1.807, 2.05) is 31.4 Å². The number of carboxylic acid groups (broad SMARTS) is 1. The number of likely N-dealkylation sites (N-methyl/N-ethyl adjacent to an activating group) is 1. The molecule has 1 aromatic heterocycles. The summed E-state index contributed by atoms with van der Waals surface area (Å²) >= 11 is 0. The lowest BCUT2D eigenvalue weighted by molar-refractivity contribution is -0.132. The van der Waals surface area contributed by atoms with Crippen molar-refractivity contribution in [3.05, 3.63) is 29.6 Å². The molecule has 88 valence electrons. The number of hydrogen-bond acceptors (Lipinski definition) is 3. The SMILES string of the molecule is CC(=CCN(C)Cc1cnn(C)c1)C(=O)O. The molecule has 0 saturated carbocycles. The molecule has 5 nitrogen and oxygen atoms in total. The highest BCUT2D eigenvalue weighted by atomic mass is 16.4. The number of rotatable bonds is 5. The first-order valence-corrected chi connectivity index (χ1v) is 5.05. The van der Waals surface area contributed by atoms with E-state index < -0.39 is 5.97 Å². The van der Waals surface area contributed by atoms with Crippen molar-refractivity contribution >= 4 is 5.97 Å². The molecule has 16 heavy (non-hydrogen) atoms. The first-order chi connectivity index (χ1) is 7.49. The van der Waals surface area contributed by atoms with E-state index in [1.165, 1.54) is 0 Å². The third kappa shape index (κ3) is 3.86. The van der Waals surface area contributed by atoms with E-state index in [0.717, 1.165) is 12.1 Å². The maximum absolute atomic E-state index is 10.6. The number of carboxylic acids is 1. The van der Waals surface area contributed by atoms with Crippen molar-refractivity contribution in [1.29, 1.82) is 0 Å². The topological polar surface area (TPSA) is 58.4 Å². The van der Waals surface area contributed by atoms with E-state index >= 15 is 0 Å². The van der Waals surface area contributed by atoms with Crippen LogP contribution in [0.25, 0.3) is 0 Å². The molecule has 0 radical (unpaired) electrons. The third-order valence-electron chi connectivity index (χ3n) is 2.26. The van der Waals surface area contributed by atoms with Gasteiger partial charge in [-0.2, -0.15) is 5.10 Å². The van der Waals surface area contributed by atoms with E-state index in [0.29, 0.717) is 12.1 Å². The van der Waals surface area contributed by atoms with Gasteiger partial charge in [-0.25, -0.2) is 4.79 Å². The highest BCUT2D eigenvalue weighted by Gasteiger charge is 2.03. The third-order valence-corrected chi connectivity index (χ3v) is 2.26. The van der Waals surface area contributed by atoms with Gasteiger partial charge in [0.2, 0.25) is 0 Å². The molecule has 0 saturated heterocycles. The van der Waals surface area contributed by atoms with Gasteiger partial charge in [-0.1, -0.05) is 6.08 Å². The molecule has 1 N–H and O–H groups in total. The van der Waals surface area contributed by atoms with Crippen LogP contribution in [0.3, 0.4) is 0 Å². The minimum Gasteiger partial charge on any atom is -0.478 e. The molecule has 1 heterocycles. The predicted molar refractivity (Wildman–Crippen MR) is 60.9 cm³/mol. The summed E-state index contributed by atoms with van der Waals surface area (Å²) in [6.45, 7) is 2.98. The molecule has 0 aliphatic heterocycles. The van der Waals surface area contributed by atoms with Crippen LogP contribution in [0.4, 0.5) is 0 Å². The highest BCUT2D eigenvalue weighted by Crippen LogP contribution is 2.02. The molecule has 0 unspecified atom stereocenters. The number of aromatic nitrogens is 2. The first kappa shape index (κ1) is 12.4. The molecular formula is C11H17N3O2. The van der Waals surface area contributed by atoms with Crippen molar-refractivity contribution in [1.82, 2.24) is 14.7 Å². The molecule has 1 rings (SSSR count). The standard InChI is InChI=1S/C11H17N3O2/c1-9(11(15)16)4-5-13(2)7-10-6-12-14(3)8-10/h4,6,8H,5,7H2,1-3H3,(H,15,16). The van der Waals surface area contributed by atoms with Crippen LogP contribution in [0.5, 0.6) is 0 Å². The Bertz CT molecular complexity index is 396. The fraction of sp³-hybridized carbons (Fsp3) is 0.455. The Kier molecular flexibility index (Phi) is 4.25. The molecule has 5 heteroatoms. The van der Waals surface area contributed by atoms with Crippen molar-refractivity contribution in [3.8, 4) is 0 Å². The van der Waals surface area contributed by atoms with Gasteiger partial charge < -0.3 is 5.11 Å². The lowest BCUT2D eigenvalue weighted by atomic mass is 10.2. The maximum atomic E-state index is 10.6. The molecular weight excluding hydrogens is 206 g/mol. The zero-order valence-electron chi connectivity index (χ0n) is 9.84. The van der Waals surface area contributed by atoms with E-state index in [2.05, 4.69) is 5.10 Å². The van der Waals surface area contributed by atoms with Gasteiger partial charge in [0.05, 0.1) is 6.20 Å². The fourth-order valence-corrected chi connectivity index (χ4v) is 1.31. The molecule has 0 aromatic carbocycles. The zero-order chi connectivity index (χ0) is 12.1. The lowest BCUT2D eigenvalue weighted by Gasteiger charge is -2.12. The van der Waals surface area contributed by atoms with Crippen molar-refractivity contribution in [2.75, 3.05) is 13.6 Å². The summed E-state index contributed by atoms with van der Waals surface area (Å²) in [7, 11) is 3.82. The smallest absolute Gasteiger partial charge is 0.330 e. The molecule has 0 bridgehead atoms. The average molecular weight is 223 g/mol. The Balaban J connectivity index is 2.45. The number of nitrogens with zero attached hydrogens (tertiary/aromatic N) is 3. The minimum absolute atomic E-state index is 0.373. The van der Waals surface area contributed by atoms with E-state index in [9.17, 15) is 4.79 Å². The summed E-state index contributed by atoms with van der Waals surface area (Å²) in [5, 5.41) is 12.8. The quantitative estimate of drug-likeness (QED) is 0.753. The van der Waals surface area contributed by atoms with Gasteiger partial charge >= 0.3 is 5.97 Å². The highest BCUT2D eigenvalue weighted by molar-refractivity contribution is 5.85. The largest absolute Gasteiger partial charge is 0.478 e. The van der Waals surface area contributed by atoms with E-state index in [4.69, 9.17) is 5.11 Å². The van der Waals surface area contributed by atoms with Crippen LogP contribution in [0.1, 0.15) is 12.5 Å². The van der Waals surface area contributed by atoms with Crippen LogP contribution in [0, 0.1) is 0 Å². The van der Waals surface area contributed by atoms with Crippen molar-refractivity contribution in [3.63, 3.8) is 0 Å². The molecule has 0 fully saturated rings. The molecule has 0 spiro atoms. The van der Waals surface area contributed by atoms with Crippen LogP contribution in [-0.4, -0.2) is 39.3 Å². The number of aryl methyl sites for hydroxylation is 1. The second-order valence-electron chi connectivity index (χ2n) is 3.91. The maximum Gasteiger partial charge on any atom is 0.330 e. The first-order valence-electron chi connectivity index (χ1n) is 5.05. The van der Waals surface area contributed by atoms with Crippen LogP contribution in [0.2, 0.25) is 0 Å². The van der Waals surface area contributed by atoms with Crippen LogP contribution in [0.15, 0.2) is 24.0 Å². The zero-order valence-corrected chi connectivity index (χ0v) is 9.84. The Morgan fingerprint density at radius 3 is 2.88 bits per heavy atom. The number of aliphatic carboxylic acids is 1. The van der Waals surface area contributed by atoms with Crippen molar-refractivity contribution < 1.29 is 9.90 Å². The molecule has 0 aliphatic rings. The van der Waals surface area contributed by atoms with Crippen LogP contribution < -0.4 is 0 Å². The summed E-state index contributed by atoms with van der Waals surface area (Å²) in [4.78, 5) is 12.6. The number of carbonyl (C=O) groups is 1. The predicted octanol–water partition coefficient (Wildman–Crippen LogP) is 0.883. The Labute approximate surface area is 95.0 Å². The van der Waals surface area contributed by atoms with Gasteiger partial charge in [-0.3, -0.25) is 9.58 Å². The molecule has 1 aromatic rings. The van der Waals surface area contributed by atoms with E-state index in [1.54, 1.807) is 17.7 Å². The van der Waals surface area contributed by atoms with Gasteiger partial charge in [0.1, 0.15) is 0 Å². The second-order valence-corrected chi connectivity index (χ2v) is 3.91. The van der Waals surface area contributed by atoms with Gasteiger partial charge in [0.25, 0.3) is 0 Å². The fourth-order valence-electron chi connectivity index (χ4n) is 1.31. The molecule has 0 amide bonds. The van der Waals surface area contributed by atoms with Gasteiger partial charge in [0, 0.05) is 37.5 Å². The Morgan fingerprint density at radius 1 is 1.69 bits per heavy atom. The normalized spacial score (nSPS) is 12.1. The average Bonchev–Trinajstić information content (AvgIpc) is 2.60. The van der Waals surface area contributed by atoms with Gasteiger partial charge in [-0.05, 0) is 14.0 Å². The van der Waals surface area contributed by atoms with Crippen molar-refractivity contribution in [2.45, 2.75) is 13.5 Å². The summed E-state index contributed by atoms with van der Waals surface area (Å²) in [6.07, 6.45) is 5.47. The molecule has 0 aliphatic carbocycles. The van der Waals surface area contributed by atoms with Crippen molar-refractivity contribution in [2.24, 2.45) is 7.05 Å². The second kappa shape index (κ2) is 5.46. The lowest BCUT2D eigenvalue weighted by Crippen LogP contribution is -2.18. The van der Waals surface area contributed by atoms with Gasteiger partial charge in [0.15, 0.2) is 0 Å². The monoisotopic (exact) mass is 223 g/mol. The summed E-state index contributed by atoms with van der Waals surface area (Å²) < 4.78 is 1.75. The summed E-state index contributed by atoms with van der Waals surface area (Å²) in [6, 6.07) is 0. The minimum atomic E-state index is -0.866.